The maximum absolute atomic E-state index is 10.8. The zero-order valence-electron chi connectivity index (χ0n) is 8.75. The predicted octanol–water partition coefficient (Wildman–Crippen LogP) is 0.676. The number of hydrogen-bond donors (Lipinski definition) is 1. The number of aliphatic carboxylic acids is 1. The summed E-state index contributed by atoms with van der Waals surface area (Å²) < 4.78 is 22.5. The average molecular weight is 242 g/mol. The molecule has 0 heterocycles. The Balaban J connectivity index is 2.80. The maximum atomic E-state index is 10.8. The summed E-state index contributed by atoms with van der Waals surface area (Å²) in [6.45, 7) is 1.40. The SMILES string of the molecule is Cc1ccccc1CN(CC(=O)O)S(=O)[O-]. The molecule has 0 fully saturated rings. The molecule has 6 heteroatoms. The quantitative estimate of drug-likeness (QED) is 0.770. The van der Waals surface area contributed by atoms with E-state index in [0.717, 1.165) is 15.4 Å². The number of rotatable bonds is 5. The molecule has 16 heavy (non-hydrogen) atoms. The number of carbonyl (C=O) groups is 1. The summed E-state index contributed by atoms with van der Waals surface area (Å²) in [4.78, 5) is 10.5. The van der Waals surface area contributed by atoms with E-state index in [9.17, 15) is 13.6 Å². The summed E-state index contributed by atoms with van der Waals surface area (Å²) in [5.41, 5.74) is 1.73. The van der Waals surface area contributed by atoms with Crippen LogP contribution in [-0.4, -0.2) is 30.7 Å². The van der Waals surface area contributed by atoms with Gasteiger partial charge in [0.1, 0.15) is 6.54 Å². The van der Waals surface area contributed by atoms with Crippen molar-refractivity contribution in [1.29, 1.82) is 0 Å². The highest BCUT2D eigenvalue weighted by molar-refractivity contribution is 7.76. The van der Waals surface area contributed by atoms with E-state index in [1.807, 2.05) is 19.1 Å². The van der Waals surface area contributed by atoms with Gasteiger partial charge in [0, 0.05) is 17.8 Å². The van der Waals surface area contributed by atoms with Gasteiger partial charge in [-0.15, -0.1) is 0 Å². The molecule has 0 saturated heterocycles. The molecule has 0 aliphatic carbocycles. The molecule has 0 bridgehead atoms. The highest BCUT2D eigenvalue weighted by Gasteiger charge is 2.11. The molecule has 0 amide bonds. The maximum Gasteiger partial charge on any atom is 0.318 e. The van der Waals surface area contributed by atoms with Crippen molar-refractivity contribution in [2.45, 2.75) is 13.5 Å². The molecular weight excluding hydrogens is 230 g/mol. The Morgan fingerprint density at radius 1 is 1.50 bits per heavy atom. The summed E-state index contributed by atoms with van der Waals surface area (Å²) in [5, 5.41) is 8.57. The lowest BCUT2D eigenvalue weighted by molar-refractivity contribution is -0.137. The minimum Gasteiger partial charge on any atom is -0.760 e. The van der Waals surface area contributed by atoms with Gasteiger partial charge in [0.25, 0.3) is 0 Å². The van der Waals surface area contributed by atoms with E-state index in [1.54, 1.807) is 12.1 Å². The topological polar surface area (TPSA) is 80.7 Å². The van der Waals surface area contributed by atoms with Crippen LogP contribution in [0.4, 0.5) is 0 Å². The molecule has 0 aliphatic heterocycles. The van der Waals surface area contributed by atoms with E-state index < -0.39 is 23.8 Å². The Bertz CT molecular complexity index is 408. The lowest BCUT2D eigenvalue weighted by Gasteiger charge is -2.22. The van der Waals surface area contributed by atoms with Gasteiger partial charge in [-0.3, -0.25) is 9.00 Å². The molecule has 0 aromatic heterocycles. The first-order valence-corrected chi connectivity index (χ1v) is 5.64. The Hall–Kier alpha value is -1.24. The third-order valence-electron chi connectivity index (χ3n) is 2.13. The number of hydrogen-bond acceptors (Lipinski definition) is 3. The van der Waals surface area contributed by atoms with Gasteiger partial charge < -0.3 is 9.66 Å². The molecule has 1 N–H and O–H groups in total. The molecule has 1 rings (SSSR count). The van der Waals surface area contributed by atoms with E-state index in [4.69, 9.17) is 5.11 Å². The summed E-state index contributed by atoms with van der Waals surface area (Å²) >= 11 is -2.53. The second kappa shape index (κ2) is 5.74. The highest BCUT2D eigenvalue weighted by atomic mass is 32.2. The molecule has 88 valence electrons. The van der Waals surface area contributed by atoms with Crippen LogP contribution >= 0.6 is 0 Å². The lowest BCUT2D eigenvalue weighted by Crippen LogP contribution is -2.31. The molecule has 0 spiro atoms. The largest absolute Gasteiger partial charge is 0.760 e. The average Bonchev–Trinajstić information content (AvgIpc) is 2.19. The smallest absolute Gasteiger partial charge is 0.318 e. The van der Waals surface area contributed by atoms with Gasteiger partial charge in [0.05, 0.1) is 0 Å². The third-order valence-corrected chi connectivity index (χ3v) is 2.81. The van der Waals surface area contributed by atoms with Gasteiger partial charge >= 0.3 is 5.97 Å². The van der Waals surface area contributed by atoms with Crippen LogP contribution < -0.4 is 0 Å². The Morgan fingerprint density at radius 3 is 2.62 bits per heavy atom. The highest BCUT2D eigenvalue weighted by Crippen LogP contribution is 2.11. The van der Waals surface area contributed by atoms with Gasteiger partial charge in [-0.25, -0.2) is 4.31 Å². The van der Waals surface area contributed by atoms with Crippen LogP contribution in [0.5, 0.6) is 0 Å². The standard InChI is InChI=1S/C10H13NO4S/c1-8-4-2-3-5-9(8)6-11(16(14)15)7-10(12)13/h2-5H,6-7H2,1H3,(H,12,13)(H,14,15)/p-1. The second-order valence-electron chi connectivity index (χ2n) is 3.34. The first-order valence-electron chi connectivity index (χ1n) is 4.61. The van der Waals surface area contributed by atoms with Crippen LogP contribution in [0.1, 0.15) is 11.1 Å². The van der Waals surface area contributed by atoms with Gasteiger partial charge in [0.2, 0.25) is 0 Å². The van der Waals surface area contributed by atoms with Crippen LogP contribution in [0, 0.1) is 6.92 Å². The fourth-order valence-corrected chi connectivity index (χ4v) is 1.75. The van der Waals surface area contributed by atoms with Gasteiger partial charge in [-0.2, -0.15) is 0 Å². The van der Waals surface area contributed by atoms with E-state index in [2.05, 4.69) is 0 Å². The number of benzene rings is 1. The third kappa shape index (κ3) is 3.73. The fraction of sp³-hybridized carbons (Fsp3) is 0.300. The number of aryl methyl sites for hydroxylation is 1. The second-order valence-corrected chi connectivity index (χ2v) is 4.29. The van der Waals surface area contributed by atoms with Crippen molar-refractivity contribution >= 4 is 17.2 Å². The lowest BCUT2D eigenvalue weighted by atomic mass is 10.1. The first-order chi connectivity index (χ1) is 7.50. The molecule has 1 aromatic rings. The van der Waals surface area contributed by atoms with Crippen LogP contribution in [0.15, 0.2) is 24.3 Å². The van der Waals surface area contributed by atoms with E-state index in [0.29, 0.717) is 0 Å². The van der Waals surface area contributed by atoms with E-state index in [-0.39, 0.29) is 6.54 Å². The van der Waals surface area contributed by atoms with Gasteiger partial charge in [-0.1, -0.05) is 24.3 Å². The van der Waals surface area contributed by atoms with Crippen LogP contribution in [0.2, 0.25) is 0 Å². The molecule has 5 nitrogen and oxygen atoms in total. The Morgan fingerprint density at radius 2 is 2.12 bits per heavy atom. The summed E-state index contributed by atoms with van der Waals surface area (Å²) in [7, 11) is 0. The van der Waals surface area contributed by atoms with Crippen LogP contribution in [0.3, 0.4) is 0 Å². The molecule has 1 aromatic carbocycles. The summed E-state index contributed by atoms with van der Waals surface area (Å²) in [6, 6.07) is 7.25. The minimum absolute atomic E-state index is 0.0785. The Labute approximate surface area is 96.1 Å². The minimum atomic E-state index is -2.53. The molecule has 0 aliphatic rings. The summed E-state index contributed by atoms with van der Waals surface area (Å²) in [5.74, 6) is -1.17. The Kier molecular flexibility index (Phi) is 4.60. The zero-order valence-corrected chi connectivity index (χ0v) is 9.57. The van der Waals surface area contributed by atoms with Crippen molar-refractivity contribution in [3.63, 3.8) is 0 Å². The van der Waals surface area contributed by atoms with E-state index >= 15 is 0 Å². The monoisotopic (exact) mass is 242 g/mol. The predicted molar refractivity (Wildman–Crippen MR) is 58.1 cm³/mol. The van der Waals surface area contributed by atoms with Crippen molar-refractivity contribution in [1.82, 2.24) is 4.31 Å². The normalized spacial score (nSPS) is 12.7. The van der Waals surface area contributed by atoms with Crippen LogP contribution in [-0.2, 0) is 22.6 Å². The first kappa shape index (κ1) is 12.8. The molecule has 1 unspecified atom stereocenters. The zero-order chi connectivity index (χ0) is 12.1. The number of carboxylic acid groups (broad SMARTS) is 1. The molecule has 1 atom stereocenters. The van der Waals surface area contributed by atoms with Gasteiger partial charge in [-0.05, 0) is 18.1 Å². The van der Waals surface area contributed by atoms with Crippen molar-refractivity contribution in [2.24, 2.45) is 0 Å². The van der Waals surface area contributed by atoms with Crippen molar-refractivity contribution in [3.05, 3.63) is 35.4 Å². The molecule has 0 saturated carbocycles. The number of carboxylic acids is 1. The van der Waals surface area contributed by atoms with Crippen molar-refractivity contribution in [2.75, 3.05) is 6.54 Å². The molecular formula is C10H12NO4S-. The van der Waals surface area contributed by atoms with Crippen LogP contribution in [0.25, 0.3) is 0 Å². The fourth-order valence-electron chi connectivity index (χ4n) is 1.29. The van der Waals surface area contributed by atoms with Crippen molar-refractivity contribution < 1.29 is 18.7 Å². The summed E-state index contributed by atoms with van der Waals surface area (Å²) in [6.07, 6.45) is 0. The van der Waals surface area contributed by atoms with Gasteiger partial charge in [0.15, 0.2) is 0 Å². The molecule has 0 radical (unpaired) electrons. The number of nitrogens with zero attached hydrogens (tertiary/aromatic N) is 1. The van der Waals surface area contributed by atoms with Crippen molar-refractivity contribution in [3.8, 4) is 0 Å². The van der Waals surface area contributed by atoms with E-state index in [1.165, 1.54) is 0 Å².